The molecule has 1 aliphatic carbocycles. The third-order valence-corrected chi connectivity index (χ3v) is 7.52. The molecule has 0 N–H and O–H groups in total. The Bertz CT molecular complexity index is 781. The molecular formula is C24H34ClFN4O2. The van der Waals surface area contributed by atoms with Gasteiger partial charge >= 0.3 is 0 Å². The highest BCUT2D eigenvalue weighted by atomic mass is 35.5. The minimum absolute atomic E-state index is 0.139. The highest BCUT2D eigenvalue weighted by Crippen LogP contribution is 2.26. The van der Waals surface area contributed by atoms with E-state index in [1.165, 1.54) is 25.3 Å². The maximum atomic E-state index is 14.0. The van der Waals surface area contributed by atoms with Gasteiger partial charge in [0.15, 0.2) is 0 Å². The predicted molar refractivity (Wildman–Crippen MR) is 123 cm³/mol. The summed E-state index contributed by atoms with van der Waals surface area (Å²) in [6, 6.07) is 4.76. The number of hydrogen-bond acceptors (Lipinski definition) is 4. The minimum Gasteiger partial charge on any atom is -0.340 e. The molecular weight excluding hydrogens is 431 g/mol. The molecule has 0 bridgehead atoms. The Hall–Kier alpha value is -1.70. The second kappa shape index (κ2) is 10.9. The first-order valence-corrected chi connectivity index (χ1v) is 12.3. The van der Waals surface area contributed by atoms with E-state index < -0.39 is 0 Å². The van der Waals surface area contributed by atoms with Gasteiger partial charge in [0.2, 0.25) is 11.8 Å². The molecule has 6 nitrogen and oxygen atoms in total. The summed E-state index contributed by atoms with van der Waals surface area (Å²) in [5.41, 5.74) is 0.523. The highest BCUT2D eigenvalue weighted by molar-refractivity contribution is 6.31. The summed E-state index contributed by atoms with van der Waals surface area (Å²) in [5.74, 6) is 0.395. The largest absolute Gasteiger partial charge is 0.340 e. The van der Waals surface area contributed by atoms with Gasteiger partial charge in [-0.25, -0.2) is 4.39 Å². The fourth-order valence-corrected chi connectivity index (χ4v) is 5.31. The molecule has 2 heterocycles. The molecule has 0 radical (unpaired) electrons. The van der Waals surface area contributed by atoms with Gasteiger partial charge in [0.25, 0.3) is 0 Å². The smallest absolute Gasteiger partial charge is 0.236 e. The summed E-state index contributed by atoms with van der Waals surface area (Å²) in [4.78, 5) is 33.7. The molecule has 2 aliphatic heterocycles. The molecule has 0 spiro atoms. The highest BCUT2D eigenvalue weighted by Gasteiger charge is 2.30. The molecule has 0 unspecified atom stereocenters. The van der Waals surface area contributed by atoms with Crippen LogP contribution in [0.25, 0.3) is 0 Å². The monoisotopic (exact) mass is 464 g/mol. The fourth-order valence-electron chi connectivity index (χ4n) is 5.09. The van der Waals surface area contributed by atoms with E-state index in [2.05, 4.69) is 9.80 Å². The lowest BCUT2D eigenvalue weighted by Gasteiger charge is -2.39. The van der Waals surface area contributed by atoms with Crippen LogP contribution >= 0.6 is 11.6 Å². The molecule has 176 valence electrons. The molecule has 2 amide bonds. The zero-order valence-corrected chi connectivity index (χ0v) is 19.5. The molecule has 0 atom stereocenters. The summed E-state index contributed by atoms with van der Waals surface area (Å²) < 4.78 is 14.0. The van der Waals surface area contributed by atoms with Gasteiger partial charge in [-0.1, -0.05) is 36.9 Å². The number of halogens is 2. The molecule has 3 fully saturated rings. The van der Waals surface area contributed by atoms with Crippen molar-refractivity contribution in [2.75, 3.05) is 58.9 Å². The van der Waals surface area contributed by atoms with Gasteiger partial charge in [-0.2, -0.15) is 0 Å². The van der Waals surface area contributed by atoms with Crippen LogP contribution in [0.4, 0.5) is 4.39 Å². The van der Waals surface area contributed by atoms with Crippen molar-refractivity contribution in [1.82, 2.24) is 19.6 Å². The van der Waals surface area contributed by atoms with Crippen molar-refractivity contribution in [3.05, 3.63) is 34.6 Å². The Morgan fingerprint density at radius 1 is 0.875 bits per heavy atom. The summed E-state index contributed by atoms with van der Waals surface area (Å²) in [6.07, 6.45) is 5.67. The van der Waals surface area contributed by atoms with Gasteiger partial charge < -0.3 is 9.80 Å². The lowest BCUT2D eigenvalue weighted by molar-refractivity contribution is -0.139. The zero-order valence-electron chi connectivity index (χ0n) is 18.8. The first-order chi connectivity index (χ1) is 15.5. The number of nitrogens with zero attached hydrogens (tertiary/aromatic N) is 4. The summed E-state index contributed by atoms with van der Waals surface area (Å²) >= 11 is 6.15. The Morgan fingerprint density at radius 2 is 1.50 bits per heavy atom. The Morgan fingerprint density at radius 3 is 2.16 bits per heavy atom. The molecule has 0 aromatic heterocycles. The molecule has 8 heteroatoms. The normalized spacial score (nSPS) is 21.7. The number of benzene rings is 1. The standard InChI is InChI=1S/C24H34ClFN4O2/c25-21-7-4-8-22(26)20(21)17-27-9-13-29(14-10-27)23(31)18-28-11-15-30(16-12-28)24(32)19-5-2-1-3-6-19/h4,7-8,19H,1-3,5-6,9-18H2. The fraction of sp³-hybridized carbons (Fsp3) is 0.667. The van der Waals surface area contributed by atoms with Gasteiger partial charge in [-0.15, -0.1) is 0 Å². The lowest BCUT2D eigenvalue weighted by atomic mass is 9.88. The number of piperazine rings is 2. The van der Waals surface area contributed by atoms with Gasteiger partial charge in [0.05, 0.1) is 6.54 Å². The van der Waals surface area contributed by atoms with Crippen molar-refractivity contribution in [3.8, 4) is 0 Å². The lowest BCUT2D eigenvalue weighted by Crippen LogP contribution is -2.55. The van der Waals surface area contributed by atoms with E-state index in [4.69, 9.17) is 11.6 Å². The second-order valence-electron chi connectivity index (χ2n) is 9.29. The van der Waals surface area contributed by atoms with E-state index in [0.717, 1.165) is 39.0 Å². The van der Waals surface area contributed by atoms with Crippen LogP contribution in [0, 0.1) is 11.7 Å². The van der Waals surface area contributed by atoms with Gasteiger partial charge in [0.1, 0.15) is 5.82 Å². The Kier molecular flexibility index (Phi) is 8.02. The average molecular weight is 465 g/mol. The Labute approximate surface area is 195 Å². The Balaban J connectivity index is 1.18. The summed E-state index contributed by atoms with van der Waals surface area (Å²) in [6.45, 7) is 6.54. The van der Waals surface area contributed by atoms with Crippen LogP contribution in [0.1, 0.15) is 37.7 Å². The van der Waals surface area contributed by atoms with Crippen LogP contribution in [0.15, 0.2) is 18.2 Å². The van der Waals surface area contributed by atoms with E-state index in [0.29, 0.717) is 55.8 Å². The van der Waals surface area contributed by atoms with Crippen molar-refractivity contribution in [1.29, 1.82) is 0 Å². The molecule has 1 saturated carbocycles. The maximum absolute atomic E-state index is 14.0. The van der Waals surface area contributed by atoms with Crippen LogP contribution in [0.3, 0.4) is 0 Å². The second-order valence-corrected chi connectivity index (χ2v) is 9.70. The van der Waals surface area contributed by atoms with Crippen molar-refractivity contribution in [3.63, 3.8) is 0 Å². The minimum atomic E-state index is -0.280. The molecule has 3 aliphatic rings. The summed E-state index contributed by atoms with van der Waals surface area (Å²) in [7, 11) is 0. The summed E-state index contributed by atoms with van der Waals surface area (Å²) in [5, 5.41) is 0.449. The van der Waals surface area contributed by atoms with E-state index in [1.807, 2.05) is 9.80 Å². The van der Waals surface area contributed by atoms with Crippen molar-refractivity contribution < 1.29 is 14.0 Å². The van der Waals surface area contributed by atoms with E-state index in [1.54, 1.807) is 12.1 Å². The van der Waals surface area contributed by atoms with Crippen LogP contribution in [0.2, 0.25) is 5.02 Å². The van der Waals surface area contributed by atoms with Gasteiger partial charge in [-0.3, -0.25) is 19.4 Å². The third-order valence-electron chi connectivity index (χ3n) is 7.17. The van der Waals surface area contributed by atoms with Crippen LogP contribution in [-0.2, 0) is 16.1 Å². The van der Waals surface area contributed by atoms with Crippen molar-refractivity contribution in [2.45, 2.75) is 38.6 Å². The van der Waals surface area contributed by atoms with E-state index in [-0.39, 0.29) is 17.6 Å². The molecule has 4 rings (SSSR count). The molecule has 32 heavy (non-hydrogen) atoms. The van der Waals surface area contributed by atoms with Crippen LogP contribution in [0.5, 0.6) is 0 Å². The number of hydrogen-bond donors (Lipinski definition) is 0. The van der Waals surface area contributed by atoms with Crippen molar-refractivity contribution in [2.24, 2.45) is 5.92 Å². The van der Waals surface area contributed by atoms with E-state index in [9.17, 15) is 14.0 Å². The number of amides is 2. The zero-order chi connectivity index (χ0) is 22.5. The van der Waals surface area contributed by atoms with E-state index >= 15 is 0 Å². The topological polar surface area (TPSA) is 47.1 Å². The average Bonchev–Trinajstić information content (AvgIpc) is 2.82. The van der Waals surface area contributed by atoms with Gasteiger partial charge in [-0.05, 0) is 25.0 Å². The predicted octanol–water partition coefficient (Wildman–Crippen LogP) is 2.85. The van der Waals surface area contributed by atoms with Crippen LogP contribution < -0.4 is 0 Å². The molecule has 1 aromatic carbocycles. The van der Waals surface area contributed by atoms with Crippen LogP contribution in [-0.4, -0.2) is 90.3 Å². The van der Waals surface area contributed by atoms with Gasteiger partial charge in [0, 0.05) is 75.4 Å². The number of rotatable bonds is 5. The first-order valence-electron chi connectivity index (χ1n) is 12.0. The molecule has 1 aromatic rings. The SMILES string of the molecule is O=C(CN1CCN(C(=O)C2CCCCC2)CC1)N1CCN(Cc2c(F)cccc2Cl)CC1. The number of carbonyl (C=O) groups is 2. The maximum Gasteiger partial charge on any atom is 0.236 e. The third kappa shape index (κ3) is 5.80. The quantitative estimate of drug-likeness (QED) is 0.672. The first kappa shape index (κ1) is 23.5. The van der Waals surface area contributed by atoms with Crippen molar-refractivity contribution >= 4 is 23.4 Å². The molecule has 2 saturated heterocycles. The number of carbonyl (C=O) groups excluding carboxylic acids is 2.